The molecule has 3 aliphatic rings. The monoisotopic (exact) mass is 329 g/mol. The van der Waals surface area contributed by atoms with Crippen molar-refractivity contribution in [1.82, 2.24) is 20.0 Å². The number of anilines is 1. The molecule has 0 unspecified atom stereocenters. The van der Waals surface area contributed by atoms with Crippen molar-refractivity contribution in [2.75, 3.05) is 44.7 Å². The van der Waals surface area contributed by atoms with Gasteiger partial charge in [-0.1, -0.05) is 0 Å². The maximum Gasteiger partial charge on any atom is 0.222 e. The summed E-state index contributed by atoms with van der Waals surface area (Å²) in [5, 5.41) is 8.24. The van der Waals surface area contributed by atoms with Gasteiger partial charge in [-0.2, -0.15) is 5.10 Å². The van der Waals surface area contributed by atoms with Crippen molar-refractivity contribution in [2.24, 2.45) is 5.41 Å². The zero-order valence-corrected chi connectivity index (χ0v) is 14.5. The van der Waals surface area contributed by atoms with Crippen molar-refractivity contribution in [2.45, 2.75) is 38.1 Å². The number of hydrogen-bond acceptors (Lipinski definition) is 5. The van der Waals surface area contributed by atoms with E-state index in [1.807, 2.05) is 12.1 Å². The van der Waals surface area contributed by atoms with Gasteiger partial charge in [-0.15, -0.1) is 5.10 Å². The number of piperidine rings is 2. The number of likely N-dealkylation sites (N-methyl/N-ethyl adjacent to an activating group) is 1. The van der Waals surface area contributed by atoms with Crippen molar-refractivity contribution >= 4 is 11.7 Å². The minimum absolute atomic E-state index is 0.313. The fourth-order valence-electron chi connectivity index (χ4n) is 4.62. The summed E-state index contributed by atoms with van der Waals surface area (Å²) in [5.74, 6) is 1.35. The zero-order chi connectivity index (χ0) is 16.6. The van der Waals surface area contributed by atoms with Gasteiger partial charge in [0, 0.05) is 44.8 Å². The van der Waals surface area contributed by atoms with Gasteiger partial charge in [-0.3, -0.25) is 4.79 Å². The van der Waals surface area contributed by atoms with Crippen LogP contribution in [0.15, 0.2) is 18.3 Å². The van der Waals surface area contributed by atoms with Crippen LogP contribution >= 0.6 is 0 Å². The third-order valence-corrected chi connectivity index (χ3v) is 6.21. The molecule has 1 spiro atoms. The normalized spacial score (nSPS) is 27.9. The summed E-state index contributed by atoms with van der Waals surface area (Å²) in [6, 6.07) is 4.41. The number of rotatable bonds is 2. The van der Waals surface area contributed by atoms with Gasteiger partial charge in [-0.25, -0.2) is 0 Å². The van der Waals surface area contributed by atoms with Gasteiger partial charge in [0.2, 0.25) is 5.91 Å². The Morgan fingerprint density at radius 3 is 2.71 bits per heavy atom. The second kappa shape index (κ2) is 6.31. The molecule has 1 amide bonds. The summed E-state index contributed by atoms with van der Waals surface area (Å²) in [6.07, 6.45) is 6.93. The molecule has 130 valence electrons. The first-order chi connectivity index (χ1) is 11.7. The number of aromatic nitrogens is 2. The van der Waals surface area contributed by atoms with Gasteiger partial charge in [0.15, 0.2) is 5.82 Å². The summed E-state index contributed by atoms with van der Waals surface area (Å²) in [5.41, 5.74) is 0.313. The maximum absolute atomic E-state index is 12.5. The Labute approximate surface area is 143 Å². The maximum atomic E-state index is 12.5. The lowest BCUT2D eigenvalue weighted by atomic mass is 9.72. The molecule has 6 nitrogen and oxygen atoms in total. The molecule has 6 heteroatoms. The molecule has 0 aromatic carbocycles. The first kappa shape index (κ1) is 15.8. The van der Waals surface area contributed by atoms with Crippen molar-refractivity contribution in [3.8, 4) is 0 Å². The van der Waals surface area contributed by atoms with Crippen LogP contribution in [-0.2, 0) is 4.79 Å². The molecule has 3 saturated heterocycles. The summed E-state index contributed by atoms with van der Waals surface area (Å²) in [6.45, 7) is 5.14. The van der Waals surface area contributed by atoms with Gasteiger partial charge in [0.1, 0.15) is 0 Å². The summed E-state index contributed by atoms with van der Waals surface area (Å²) < 4.78 is 0. The van der Waals surface area contributed by atoms with Crippen molar-refractivity contribution < 1.29 is 4.79 Å². The molecular formula is C18H27N5O. The quantitative estimate of drug-likeness (QED) is 0.821. The molecule has 1 aromatic heterocycles. The summed E-state index contributed by atoms with van der Waals surface area (Å²) in [4.78, 5) is 19.4. The van der Waals surface area contributed by atoms with Crippen LogP contribution in [0.1, 0.15) is 32.1 Å². The van der Waals surface area contributed by atoms with Gasteiger partial charge in [0.05, 0.1) is 0 Å². The van der Waals surface area contributed by atoms with E-state index in [1.165, 1.54) is 0 Å². The number of likely N-dealkylation sites (tertiary alicyclic amines) is 2. The highest BCUT2D eigenvalue weighted by molar-refractivity contribution is 5.77. The lowest BCUT2D eigenvalue weighted by Gasteiger charge is -2.49. The molecule has 4 rings (SSSR count). The number of amides is 1. The number of carbonyl (C=O) groups is 1. The molecule has 4 heterocycles. The van der Waals surface area contributed by atoms with Crippen LogP contribution in [0.25, 0.3) is 0 Å². The first-order valence-electron chi connectivity index (χ1n) is 9.16. The fraction of sp³-hybridized carbons (Fsp3) is 0.722. The first-order valence-corrected chi connectivity index (χ1v) is 9.16. The van der Waals surface area contributed by atoms with E-state index in [2.05, 4.69) is 31.9 Å². The Morgan fingerprint density at radius 1 is 1.21 bits per heavy atom. The molecule has 1 aromatic rings. The molecule has 0 bridgehead atoms. The third-order valence-electron chi connectivity index (χ3n) is 6.21. The predicted molar refractivity (Wildman–Crippen MR) is 92.8 cm³/mol. The van der Waals surface area contributed by atoms with Crippen LogP contribution in [0.4, 0.5) is 5.82 Å². The van der Waals surface area contributed by atoms with E-state index in [0.717, 1.165) is 70.6 Å². The Morgan fingerprint density at radius 2 is 2.04 bits per heavy atom. The standard InChI is InChI=1S/C18H27N5O/c1-21-10-5-15(13-21)23-14-18(6-4-17(23)24)7-11-22(12-8-18)16-3-2-9-19-20-16/h2-3,9,15H,4-8,10-14H2,1H3/t15-/m0/s1. The molecule has 0 aliphatic carbocycles. The second-order valence-corrected chi connectivity index (χ2v) is 7.80. The van der Waals surface area contributed by atoms with E-state index in [0.29, 0.717) is 17.4 Å². The Bertz CT molecular complexity index is 584. The fourth-order valence-corrected chi connectivity index (χ4v) is 4.62. The molecule has 3 fully saturated rings. The minimum atomic E-state index is 0.313. The number of carbonyl (C=O) groups excluding carboxylic acids is 1. The van der Waals surface area contributed by atoms with Crippen LogP contribution in [-0.4, -0.2) is 71.7 Å². The molecule has 0 radical (unpaired) electrons. The van der Waals surface area contributed by atoms with Crippen LogP contribution < -0.4 is 4.90 Å². The number of hydrogen-bond donors (Lipinski definition) is 0. The Kier molecular flexibility index (Phi) is 4.16. The highest BCUT2D eigenvalue weighted by Gasteiger charge is 2.43. The van der Waals surface area contributed by atoms with Crippen LogP contribution in [0, 0.1) is 5.41 Å². The van der Waals surface area contributed by atoms with Crippen molar-refractivity contribution in [3.63, 3.8) is 0 Å². The van der Waals surface area contributed by atoms with Gasteiger partial charge in [0.25, 0.3) is 0 Å². The molecule has 1 atom stereocenters. The molecule has 3 aliphatic heterocycles. The van der Waals surface area contributed by atoms with Crippen LogP contribution in [0.5, 0.6) is 0 Å². The Hall–Kier alpha value is -1.69. The van der Waals surface area contributed by atoms with Gasteiger partial charge >= 0.3 is 0 Å². The van der Waals surface area contributed by atoms with Crippen LogP contribution in [0.3, 0.4) is 0 Å². The Balaban J connectivity index is 1.42. The SMILES string of the molecule is CN1CC[C@H](N2CC3(CCC2=O)CCN(c2cccnn2)CC3)C1. The smallest absolute Gasteiger partial charge is 0.222 e. The molecule has 0 N–H and O–H groups in total. The zero-order valence-electron chi connectivity index (χ0n) is 14.5. The lowest BCUT2D eigenvalue weighted by molar-refractivity contribution is -0.141. The number of nitrogens with zero attached hydrogens (tertiary/aromatic N) is 5. The van der Waals surface area contributed by atoms with E-state index in [4.69, 9.17) is 0 Å². The molecule has 0 saturated carbocycles. The predicted octanol–water partition coefficient (Wildman–Crippen LogP) is 1.39. The van der Waals surface area contributed by atoms with Gasteiger partial charge < -0.3 is 14.7 Å². The average Bonchev–Trinajstić information content (AvgIpc) is 3.05. The van der Waals surface area contributed by atoms with E-state index >= 15 is 0 Å². The second-order valence-electron chi connectivity index (χ2n) is 7.80. The third kappa shape index (κ3) is 2.99. The van der Waals surface area contributed by atoms with Gasteiger partial charge in [-0.05, 0) is 56.8 Å². The average molecular weight is 329 g/mol. The molecule has 24 heavy (non-hydrogen) atoms. The van der Waals surface area contributed by atoms with Crippen LogP contribution in [0.2, 0.25) is 0 Å². The minimum Gasteiger partial charge on any atom is -0.355 e. The summed E-state index contributed by atoms with van der Waals surface area (Å²) >= 11 is 0. The van der Waals surface area contributed by atoms with E-state index < -0.39 is 0 Å². The van der Waals surface area contributed by atoms with E-state index in [-0.39, 0.29) is 0 Å². The highest BCUT2D eigenvalue weighted by atomic mass is 16.2. The van der Waals surface area contributed by atoms with Crippen molar-refractivity contribution in [3.05, 3.63) is 18.3 Å². The lowest BCUT2D eigenvalue weighted by Crippen LogP contribution is -2.55. The van der Waals surface area contributed by atoms with E-state index in [1.54, 1.807) is 6.20 Å². The highest BCUT2D eigenvalue weighted by Crippen LogP contribution is 2.42. The topological polar surface area (TPSA) is 52.6 Å². The molecular weight excluding hydrogens is 302 g/mol. The summed E-state index contributed by atoms with van der Waals surface area (Å²) in [7, 11) is 2.16. The largest absolute Gasteiger partial charge is 0.355 e. The van der Waals surface area contributed by atoms with Crippen molar-refractivity contribution in [1.29, 1.82) is 0 Å². The van der Waals surface area contributed by atoms with E-state index in [9.17, 15) is 4.79 Å².